The van der Waals surface area contributed by atoms with Gasteiger partial charge in [-0.2, -0.15) is 5.26 Å². The second-order valence-corrected chi connectivity index (χ2v) is 5.81. The van der Waals surface area contributed by atoms with Gasteiger partial charge < -0.3 is 10.5 Å². The molecule has 0 aliphatic carbocycles. The summed E-state index contributed by atoms with van der Waals surface area (Å²) in [6, 6.07) is 3.22. The molecule has 0 aliphatic rings. The number of hydrogen-bond acceptors (Lipinski definition) is 5. The molecule has 0 atom stereocenters. The highest BCUT2D eigenvalue weighted by Gasteiger charge is 2.35. The number of nitrogens with two attached hydrogens (primary N) is 1. The Bertz CT molecular complexity index is 637. The van der Waals surface area contributed by atoms with Crippen LogP contribution < -0.4 is 10.5 Å². The molecule has 2 N–H and O–H groups in total. The SMILES string of the molecule is N#Cc1cc(CN)cc(S(=O)(=O)Cl)c1OC(F)(F)F. The number of alkyl halides is 3. The summed E-state index contributed by atoms with van der Waals surface area (Å²) in [6.07, 6.45) is -5.16. The van der Waals surface area contributed by atoms with Crippen molar-refractivity contribution in [1.29, 1.82) is 5.26 Å². The molecule has 0 aromatic heterocycles. The molecule has 0 bridgehead atoms. The van der Waals surface area contributed by atoms with Gasteiger partial charge >= 0.3 is 6.36 Å². The van der Waals surface area contributed by atoms with Crippen molar-refractivity contribution in [2.75, 3.05) is 0 Å². The van der Waals surface area contributed by atoms with Crippen molar-refractivity contribution in [3.8, 4) is 11.8 Å². The molecule has 1 rings (SSSR count). The van der Waals surface area contributed by atoms with Crippen molar-refractivity contribution in [1.82, 2.24) is 0 Å². The van der Waals surface area contributed by atoms with Crippen LogP contribution in [0.2, 0.25) is 0 Å². The predicted molar refractivity (Wildman–Crippen MR) is 58.8 cm³/mol. The molecule has 104 valence electrons. The summed E-state index contributed by atoms with van der Waals surface area (Å²) in [5.74, 6) is -1.16. The van der Waals surface area contributed by atoms with Crippen molar-refractivity contribution < 1.29 is 26.3 Å². The lowest BCUT2D eigenvalue weighted by molar-refractivity contribution is -0.275. The minimum absolute atomic E-state index is 0.130. The first kappa shape index (κ1) is 15.6. The summed E-state index contributed by atoms with van der Waals surface area (Å²) >= 11 is 0. The summed E-state index contributed by atoms with van der Waals surface area (Å²) in [5.41, 5.74) is 4.76. The quantitative estimate of drug-likeness (QED) is 0.859. The second kappa shape index (κ2) is 5.24. The van der Waals surface area contributed by atoms with Crippen LogP contribution in [0.1, 0.15) is 11.1 Å². The lowest BCUT2D eigenvalue weighted by atomic mass is 10.1. The highest BCUT2D eigenvalue weighted by Crippen LogP contribution is 2.35. The minimum atomic E-state index is -5.16. The van der Waals surface area contributed by atoms with Crippen LogP contribution in [0.4, 0.5) is 13.2 Å². The van der Waals surface area contributed by atoms with Gasteiger partial charge in [0.1, 0.15) is 11.0 Å². The molecule has 0 spiro atoms. The predicted octanol–water partition coefficient (Wildman–Crippen LogP) is 1.84. The zero-order chi connectivity index (χ0) is 14.8. The van der Waals surface area contributed by atoms with Crippen molar-refractivity contribution in [3.63, 3.8) is 0 Å². The fourth-order valence-electron chi connectivity index (χ4n) is 1.26. The van der Waals surface area contributed by atoms with Crippen LogP contribution >= 0.6 is 10.7 Å². The highest BCUT2D eigenvalue weighted by molar-refractivity contribution is 8.13. The van der Waals surface area contributed by atoms with E-state index in [1.165, 1.54) is 6.07 Å². The standard InChI is InChI=1S/C9H6ClF3N2O3S/c10-19(16,17)7-2-5(3-14)1-6(4-15)8(7)18-9(11,12)13/h1-2H,3,14H2. The summed E-state index contributed by atoms with van der Waals surface area (Å²) in [6.45, 7) is -0.180. The van der Waals surface area contributed by atoms with E-state index in [9.17, 15) is 21.6 Å². The van der Waals surface area contributed by atoms with Gasteiger partial charge in [0.25, 0.3) is 9.05 Å². The number of rotatable bonds is 3. The van der Waals surface area contributed by atoms with Gasteiger partial charge in [0.2, 0.25) is 0 Å². The molecule has 0 amide bonds. The molecule has 0 heterocycles. The van der Waals surface area contributed by atoms with E-state index in [2.05, 4.69) is 4.74 Å². The van der Waals surface area contributed by atoms with Crippen LogP contribution in [-0.4, -0.2) is 14.8 Å². The molecule has 5 nitrogen and oxygen atoms in total. The van der Waals surface area contributed by atoms with Crippen LogP contribution in [0.3, 0.4) is 0 Å². The van der Waals surface area contributed by atoms with E-state index in [-0.39, 0.29) is 12.1 Å². The first-order chi connectivity index (χ1) is 8.58. The number of benzene rings is 1. The molecule has 10 heteroatoms. The molecular formula is C9H6ClF3N2O3S. The van der Waals surface area contributed by atoms with Crippen LogP contribution in [0, 0.1) is 11.3 Å². The summed E-state index contributed by atoms with van der Waals surface area (Å²) in [7, 11) is 0.495. The summed E-state index contributed by atoms with van der Waals surface area (Å²) in [5, 5.41) is 8.75. The van der Waals surface area contributed by atoms with Crippen molar-refractivity contribution >= 4 is 19.7 Å². The van der Waals surface area contributed by atoms with Gasteiger partial charge in [0.15, 0.2) is 5.75 Å². The number of halogens is 4. The van der Waals surface area contributed by atoms with Crippen LogP contribution in [0.15, 0.2) is 17.0 Å². The molecule has 0 aliphatic heterocycles. The van der Waals surface area contributed by atoms with E-state index < -0.39 is 31.6 Å². The van der Waals surface area contributed by atoms with E-state index in [0.717, 1.165) is 12.1 Å². The Kier molecular flexibility index (Phi) is 4.29. The fourth-order valence-corrected chi connectivity index (χ4v) is 2.27. The van der Waals surface area contributed by atoms with Gasteiger partial charge in [0.05, 0.1) is 5.56 Å². The van der Waals surface area contributed by atoms with Crippen LogP contribution in [0.5, 0.6) is 5.75 Å². The van der Waals surface area contributed by atoms with Gasteiger partial charge in [-0.15, -0.1) is 13.2 Å². The molecule has 0 saturated heterocycles. The Labute approximate surface area is 110 Å². The van der Waals surface area contributed by atoms with E-state index >= 15 is 0 Å². The first-order valence-corrected chi connectivity index (χ1v) is 6.87. The Morgan fingerprint density at radius 2 is 2.00 bits per heavy atom. The van der Waals surface area contributed by atoms with Crippen LogP contribution in [-0.2, 0) is 15.6 Å². The normalized spacial score (nSPS) is 12.0. The minimum Gasteiger partial charge on any atom is -0.403 e. The number of nitriles is 1. The smallest absolute Gasteiger partial charge is 0.403 e. The highest BCUT2D eigenvalue weighted by atomic mass is 35.7. The zero-order valence-electron chi connectivity index (χ0n) is 9.03. The van der Waals surface area contributed by atoms with Gasteiger partial charge in [0, 0.05) is 17.2 Å². The van der Waals surface area contributed by atoms with E-state index in [0.29, 0.717) is 0 Å². The molecule has 19 heavy (non-hydrogen) atoms. The maximum Gasteiger partial charge on any atom is 0.573 e. The van der Waals surface area contributed by atoms with Gasteiger partial charge in [-0.3, -0.25) is 0 Å². The van der Waals surface area contributed by atoms with Crippen molar-refractivity contribution in [3.05, 3.63) is 23.3 Å². The molecular weight excluding hydrogens is 309 g/mol. The third-order valence-electron chi connectivity index (χ3n) is 1.95. The third kappa shape index (κ3) is 3.99. The Hall–Kier alpha value is -1.50. The third-order valence-corrected chi connectivity index (χ3v) is 3.28. The van der Waals surface area contributed by atoms with Crippen molar-refractivity contribution in [2.45, 2.75) is 17.8 Å². The van der Waals surface area contributed by atoms with Gasteiger partial charge in [-0.05, 0) is 17.7 Å². The van der Waals surface area contributed by atoms with E-state index in [4.69, 9.17) is 21.7 Å². The molecule has 0 saturated carbocycles. The number of hydrogen-bond donors (Lipinski definition) is 1. The number of ether oxygens (including phenoxy) is 1. The molecule has 1 aromatic carbocycles. The average molecular weight is 315 g/mol. The topological polar surface area (TPSA) is 93.2 Å². The fraction of sp³-hybridized carbons (Fsp3) is 0.222. The maximum atomic E-state index is 12.2. The largest absolute Gasteiger partial charge is 0.573 e. The monoisotopic (exact) mass is 314 g/mol. The summed E-state index contributed by atoms with van der Waals surface area (Å²) in [4.78, 5) is -0.953. The zero-order valence-corrected chi connectivity index (χ0v) is 10.6. The van der Waals surface area contributed by atoms with E-state index in [1.807, 2.05) is 0 Å². The maximum absolute atomic E-state index is 12.2. The lowest BCUT2D eigenvalue weighted by Crippen LogP contribution is -2.19. The lowest BCUT2D eigenvalue weighted by Gasteiger charge is -2.14. The molecule has 0 radical (unpaired) electrons. The van der Waals surface area contributed by atoms with Gasteiger partial charge in [-0.1, -0.05) is 0 Å². The van der Waals surface area contributed by atoms with Gasteiger partial charge in [-0.25, -0.2) is 8.42 Å². The van der Waals surface area contributed by atoms with Crippen molar-refractivity contribution in [2.24, 2.45) is 5.73 Å². The average Bonchev–Trinajstić information content (AvgIpc) is 2.25. The Morgan fingerprint density at radius 3 is 2.37 bits per heavy atom. The second-order valence-electron chi connectivity index (χ2n) is 3.27. The van der Waals surface area contributed by atoms with E-state index in [1.54, 1.807) is 0 Å². The van der Waals surface area contributed by atoms with Crippen LogP contribution in [0.25, 0.3) is 0 Å². The molecule has 0 fully saturated rings. The first-order valence-electron chi connectivity index (χ1n) is 4.56. The summed E-state index contributed by atoms with van der Waals surface area (Å²) < 4.78 is 62.7. The Morgan fingerprint density at radius 1 is 1.42 bits per heavy atom. The molecule has 0 unspecified atom stereocenters. The molecule has 1 aromatic rings. The Balaban J connectivity index is 3.62. The number of nitrogens with zero attached hydrogens (tertiary/aromatic N) is 1.